The van der Waals surface area contributed by atoms with Crippen molar-refractivity contribution in [1.29, 1.82) is 0 Å². The molecule has 8 nitrogen and oxygen atoms in total. The van der Waals surface area contributed by atoms with Gasteiger partial charge in [0.2, 0.25) is 5.91 Å². The number of halogens is 2. The lowest BCUT2D eigenvalue weighted by Crippen LogP contribution is -2.48. The Morgan fingerprint density at radius 3 is 2.44 bits per heavy atom. The van der Waals surface area contributed by atoms with Crippen molar-refractivity contribution in [2.24, 2.45) is 0 Å². The molecule has 2 aromatic carbocycles. The lowest BCUT2D eigenvalue weighted by molar-refractivity contribution is -0.146. The van der Waals surface area contributed by atoms with E-state index >= 15 is 0 Å². The molecule has 2 atom stereocenters. The van der Waals surface area contributed by atoms with Crippen LogP contribution in [0.4, 0.5) is 0 Å². The highest BCUT2D eigenvalue weighted by Crippen LogP contribution is 2.40. The van der Waals surface area contributed by atoms with Gasteiger partial charge in [-0.3, -0.25) is 19.5 Å². The van der Waals surface area contributed by atoms with Gasteiger partial charge in [0.25, 0.3) is 0 Å². The van der Waals surface area contributed by atoms with Crippen molar-refractivity contribution in [2.45, 2.75) is 24.8 Å². The Morgan fingerprint density at radius 1 is 1.13 bits per heavy atom. The molecule has 1 aliphatic heterocycles. The third-order valence-electron chi connectivity index (χ3n) is 7.00. The molecule has 4 rings (SSSR count). The Hall–Kier alpha value is -2.85. The Labute approximate surface area is 238 Å². The number of methoxy groups -OCH3 is 1. The molecular weight excluding hydrogens is 541 g/mol. The molecule has 1 N–H and O–H groups in total. The molecular formula is C29H31Cl2N3O5. The van der Waals surface area contributed by atoms with Gasteiger partial charge in [-0.1, -0.05) is 47.5 Å². The van der Waals surface area contributed by atoms with Crippen molar-refractivity contribution < 1.29 is 24.2 Å². The number of aliphatic hydroxyl groups is 1. The largest absolute Gasteiger partial charge is 0.384 e. The predicted octanol–water partition coefficient (Wildman–Crippen LogP) is 4.25. The lowest BCUT2D eigenvalue weighted by Gasteiger charge is -2.42. The minimum absolute atomic E-state index is 0.0130. The van der Waals surface area contributed by atoms with Crippen molar-refractivity contribution in [3.63, 3.8) is 0 Å². The summed E-state index contributed by atoms with van der Waals surface area (Å²) in [4.78, 5) is 32.7. The van der Waals surface area contributed by atoms with E-state index in [1.54, 1.807) is 61.5 Å². The van der Waals surface area contributed by atoms with Gasteiger partial charge in [0.1, 0.15) is 12.2 Å². The van der Waals surface area contributed by atoms with Crippen LogP contribution in [0.2, 0.25) is 10.0 Å². The van der Waals surface area contributed by atoms with Gasteiger partial charge < -0.3 is 19.5 Å². The number of amides is 1. The van der Waals surface area contributed by atoms with Crippen LogP contribution in [0.5, 0.6) is 0 Å². The zero-order valence-corrected chi connectivity index (χ0v) is 23.6. The molecule has 1 fully saturated rings. The highest BCUT2D eigenvalue weighted by Gasteiger charge is 2.41. The van der Waals surface area contributed by atoms with E-state index in [2.05, 4.69) is 4.98 Å². The van der Waals surface area contributed by atoms with Gasteiger partial charge >= 0.3 is 0 Å². The number of ether oxygens (including phenoxy) is 2. The second-order valence-electron chi connectivity index (χ2n) is 9.74. The van der Waals surface area contributed by atoms with E-state index in [1.807, 2.05) is 30.1 Å². The molecule has 206 valence electrons. The first-order valence-electron chi connectivity index (χ1n) is 12.4. The summed E-state index contributed by atoms with van der Waals surface area (Å²) in [6, 6.07) is 16.0. The van der Waals surface area contributed by atoms with Crippen LogP contribution in [0.3, 0.4) is 0 Å². The van der Waals surface area contributed by atoms with E-state index in [0.717, 1.165) is 17.5 Å². The van der Waals surface area contributed by atoms with Crippen LogP contribution >= 0.6 is 23.2 Å². The fraction of sp³-hybridized carbons (Fsp3) is 0.345. The molecule has 0 radical (unpaired) electrons. The van der Waals surface area contributed by atoms with Crippen LogP contribution < -0.4 is 0 Å². The molecule has 2 heterocycles. The Kier molecular flexibility index (Phi) is 9.06. The second kappa shape index (κ2) is 12.1. The average Bonchev–Trinajstić information content (AvgIpc) is 2.93. The summed E-state index contributed by atoms with van der Waals surface area (Å²) in [5.41, 5.74) is 0.267. The van der Waals surface area contributed by atoms with Crippen molar-refractivity contribution in [3.8, 4) is 0 Å². The summed E-state index contributed by atoms with van der Waals surface area (Å²) in [5.74, 6) is -0.188. The summed E-state index contributed by atoms with van der Waals surface area (Å²) in [7, 11) is 3.44. The van der Waals surface area contributed by atoms with Crippen molar-refractivity contribution in [2.75, 3.05) is 40.5 Å². The number of pyridine rings is 1. The van der Waals surface area contributed by atoms with Crippen LogP contribution in [-0.2, 0) is 32.1 Å². The predicted molar refractivity (Wildman–Crippen MR) is 149 cm³/mol. The van der Waals surface area contributed by atoms with Gasteiger partial charge in [0.05, 0.1) is 23.9 Å². The molecule has 1 amide bonds. The highest BCUT2D eigenvalue weighted by atomic mass is 35.5. The summed E-state index contributed by atoms with van der Waals surface area (Å²) < 4.78 is 11.4. The number of nitrogens with zero attached hydrogens (tertiary/aromatic N) is 3. The number of hydrogen-bond acceptors (Lipinski definition) is 7. The van der Waals surface area contributed by atoms with E-state index in [0.29, 0.717) is 46.4 Å². The first-order valence-corrected chi connectivity index (χ1v) is 13.2. The number of β-amino-alcohol motifs (C(OH)–C–C–N with tert-alkyl or cyclic N) is 1. The van der Waals surface area contributed by atoms with Crippen LogP contribution in [0.1, 0.15) is 39.7 Å². The van der Waals surface area contributed by atoms with Gasteiger partial charge in [-0.05, 0) is 49.9 Å². The van der Waals surface area contributed by atoms with E-state index in [4.69, 9.17) is 32.7 Å². The maximum absolute atomic E-state index is 12.5. The molecule has 3 aromatic rings. The maximum atomic E-state index is 12.5. The van der Waals surface area contributed by atoms with E-state index in [9.17, 15) is 14.7 Å². The molecule has 0 aliphatic carbocycles. The van der Waals surface area contributed by atoms with Crippen LogP contribution in [0, 0.1) is 0 Å². The Morgan fingerprint density at radius 2 is 1.82 bits per heavy atom. The van der Waals surface area contributed by atoms with Crippen molar-refractivity contribution in [1.82, 2.24) is 14.8 Å². The van der Waals surface area contributed by atoms with Gasteiger partial charge in [0, 0.05) is 48.1 Å². The summed E-state index contributed by atoms with van der Waals surface area (Å²) in [6.45, 7) is 2.85. The van der Waals surface area contributed by atoms with Crippen LogP contribution in [0.15, 0.2) is 60.8 Å². The van der Waals surface area contributed by atoms with E-state index < -0.39 is 11.3 Å². The van der Waals surface area contributed by atoms with E-state index in [-0.39, 0.29) is 19.1 Å². The normalized spacial score (nSPS) is 17.1. The number of aromatic nitrogens is 1. The average molecular weight is 572 g/mol. The van der Waals surface area contributed by atoms with Crippen LogP contribution in [-0.4, -0.2) is 72.5 Å². The molecule has 10 heteroatoms. The molecule has 0 bridgehead atoms. The number of benzene rings is 2. The summed E-state index contributed by atoms with van der Waals surface area (Å²) >= 11 is 12.2. The lowest BCUT2D eigenvalue weighted by atomic mass is 9.85. The first-order chi connectivity index (χ1) is 18.6. The topological polar surface area (TPSA) is 92.2 Å². The molecule has 0 spiro atoms. The third-order valence-corrected chi connectivity index (χ3v) is 7.48. The minimum atomic E-state index is -1.40. The smallest absolute Gasteiger partial charge is 0.248 e. The maximum Gasteiger partial charge on any atom is 0.248 e. The minimum Gasteiger partial charge on any atom is -0.384 e. The van der Waals surface area contributed by atoms with Gasteiger partial charge in [-0.2, -0.15) is 0 Å². The molecule has 1 aromatic heterocycles. The third kappa shape index (κ3) is 6.17. The standard InChI is InChI=1S/C29H31Cl2N3O5/c1-28(37,19-34-12-13-39-18-27(34)36)22-6-11-26(20(14-22)17-35)29(38-3,21-4-7-23(30)8-5-21)33(2)16-25-10-9-24(31)15-32-25/h4-11,14-15,17,37H,12-13,16,18-19H2,1-3H3/t28?,29-/m1/s1. The zero-order chi connectivity index (χ0) is 28.2. The number of rotatable bonds is 10. The van der Waals surface area contributed by atoms with Crippen molar-refractivity contribution >= 4 is 35.4 Å². The molecule has 0 saturated carbocycles. The van der Waals surface area contributed by atoms with Gasteiger partial charge in [-0.15, -0.1) is 0 Å². The molecule has 1 unspecified atom stereocenters. The van der Waals surface area contributed by atoms with Crippen LogP contribution in [0.25, 0.3) is 0 Å². The van der Waals surface area contributed by atoms with E-state index in [1.165, 1.54) is 0 Å². The fourth-order valence-corrected chi connectivity index (χ4v) is 5.22. The monoisotopic (exact) mass is 571 g/mol. The fourth-order valence-electron chi connectivity index (χ4n) is 4.98. The van der Waals surface area contributed by atoms with Crippen molar-refractivity contribution in [3.05, 3.63) is 98.8 Å². The quantitative estimate of drug-likeness (QED) is 0.287. The number of aldehydes is 1. The number of morpholine rings is 1. The number of hydrogen-bond donors (Lipinski definition) is 1. The number of carbonyl (C=O) groups is 2. The first kappa shape index (κ1) is 29.1. The molecule has 39 heavy (non-hydrogen) atoms. The highest BCUT2D eigenvalue weighted by molar-refractivity contribution is 6.30. The molecule has 1 aliphatic rings. The second-order valence-corrected chi connectivity index (χ2v) is 10.6. The summed E-state index contributed by atoms with van der Waals surface area (Å²) in [5, 5.41) is 12.5. The Bertz CT molecular complexity index is 1320. The summed E-state index contributed by atoms with van der Waals surface area (Å²) in [6.07, 6.45) is 2.32. The SMILES string of the molecule is CO[C@](c1ccc(Cl)cc1)(c1ccc(C(C)(O)CN2CCOCC2=O)cc1C=O)N(C)Cc1ccc(Cl)cn1. The number of carbonyl (C=O) groups excluding carboxylic acids is 2. The van der Waals surface area contributed by atoms with Gasteiger partial charge in [0.15, 0.2) is 12.0 Å². The Balaban J connectivity index is 1.78. The zero-order valence-electron chi connectivity index (χ0n) is 22.1. The molecule has 1 saturated heterocycles. The van der Waals surface area contributed by atoms with Gasteiger partial charge in [-0.25, -0.2) is 0 Å².